The molecule has 0 saturated carbocycles. The van der Waals surface area contributed by atoms with Crippen LogP contribution in [0.5, 0.6) is 0 Å². The van der Waals surface area contributed by atoms with Gasteiger partial charge in [-0.05, 0) is 51.0 Å². The lowest BCUT2D eigenvalue weighted by Crippen LogP contribution is -2.03. The quantitative estimate of drug-likeness (QED) is 0.166. The standard InChI is InChI=1S/C32H42N4/c1-25-23-31(27-17-11-13-19-29(27)35-25)33-21-15-9-7-5-3-4-6-8-10-16-22-34-32-24-26(2)36-30-20-14-12-18-28(30)32/h11-14,17-20,23-24H,3-10,15-16,21-22H2,1-2H3,(H,33,35)(H,34,36). The van der Waals surface area contributed by atoms with Crippen molar-refractivity contribution in [3.8, 4) is 0 Å². The Bertz CT molecular complexity index is 1140. The number of pyridine rings is 2. The summed E-state index contributed by atoms with van der Waals surface area (Å²) in [5.41, 5.74) is 6.74. The van der Waals surface area contributed by atoms with Gasteiger partial charge >= 0.3 is 0 Å². The molecule has 4 rings (SSSR count). The van der Waals surface area contributed by atoms with E-state index in [2.05, 4.69) is 95.1 Å². The van der Waals surface area contributed by atoms with Crippen LogP contribution in [0, 0.1) is 13.8 Å². The lowest BCUT2D eigenvalue weighted by molar-refractivity contribution is 0.557. The molecule has 0 aliphatic rings. The predicted molar refractivity (Wildman–Crippen MR) is 156 cm³/mol. The van der Waals surface area contributed by atoms with Crippen LogP contribution in [-0.4, -0.2) is 23.1 Å². The third kappa shape index (κ3) is 7.68. The Kier molecular flexibility index (Phi) is 9.96. The Morgan fingerprint density at radius 1 is 0.500 bits per heavy atom. The molecule has 0 radical (unpaired) electrons. The highest BCUT2D eigenvalue weighted by Crippen LogP contribution is 2.24. The van der Waals surface area contributed by atoms with Crippen molar-refractivity contribution in [3.05, 3.63) is 72.1 Å². The summed E-state index contributed by atoms with van der Waals surface area (Å²) in [4.78, 5) is 9.26. The van der Waals surface area contributed by atoms with E-state index in [1.807, 2.05) is 0 Å². The van der Waals surface area contributed by atoms with E-state index >= 15 is 0 Å². The summed E-state index contributed by atoms with van der Waals surface area (Å²) in [6.07, 6.45) is 13.3. The number of unbranched alkanes of at least 4 members (excludes halogenated alkanes) is 9. The molecular weight excluding hydrogens is 440 g/mol. The zero-order valence-corrected chi connectivity index (χ0v) is 22.2. The number of benzene rings is 2. The van der Waals surface area contributed by atoms with Crippen LogP contribution in [-0.2, 0) is 0 Å². The van der Waals surface area contributed by atoms with Crippen LogP contribution in [0.2, 0.25) is 0 Å². The third-order valence-corrected chi connectivity index (χ3v) is 6.92. The molecular formula is C32H42N4. The molecule has 4 aromatic rings. The van der Waals surface area contributed by atoms with Crippen LogP contribution in [0.3, 0.4) is 0 Å². The SMILES string of the molecule is Cc1cc(NCCCCCCCCCCCCNc2cc(C)nc3ccccc23)c2ccccc2n1. The van der Waals surface area contributed by atoms with E-state index in [1.165, 1.54) is 86.4 Å². The first kappa shape index (κ1) is 25.9. The molecule has 0 spiro atoms. The second kappa shape index (κ2) is 13.8. The molecule has 36 heavy (non-hydrogen) atoms. The molecule has 2 aromatic carbocycles. The largest absolute Gasteiger partial charge is 0.384 e. The molecule has 2 N–H and O–H groups in total. The van der Waals surface area contributed by atoms with Crippen LogP contribution < -0.4 is 10.6 Å². The third-order valence-electron chi connectivity index (χ3n) is 6.92. The smallest absolute Gasteiger partial charge is 0.0725 e. The maximum Gasteiger partial charge on any atom is 0.0725 e. The fourth-order valence-electron chi connectivity index (χ4n) is 5.02. The zero-order chi connectivity index (χ0) is 25.0. The summed E-state index contributed by atoms with van der Waals surface area (Å²) < 4.78 is 0. The van der Waals surface area contributed by atoms with E-state index in [1.54, 1.807) is 0 Å². The van der Waals surface area contributed by atoms with Crippen molar-refractivity contribution in [2.24, 2.45) is 0 Å². The average Bonchev–Trinajstić information content (AvgIpc) is 2.88. The van der Waals surface area contributed by atoms with E-state index in [4.69, 9.17) is 0 Å². The van der Waals surface area contributed by atoms with E-state index in [0.29, 0.717) is 0 Å². The molecule has 0 aliphatic heterocycles. The number of hydrogen-bond donors (Lipinski definition) is 2. The molecule has 190 valence electrons. The summed E-state index contributed by atoms with van der Waals surface area (Å²) in [7, 11) is 0. The Hall–Kier alpha value is -3.14. The fraction of sp³-hybridized carbons (Fsp3) is 0.438. The normalized spacial score (nSPS) is 11.3. The van der Waals surface area contributed by atoms with Gasteiger partial charge in [-0.25, -0.2) is 0 Å². The summed E-state index contributed by atoms with van der Waals surface area (Å²) in [6, 6.07) is 21.1. The van der Waals surface area contributed by atoms with Gasteiger partial charge in [0.2, 0.25) is 0 Å². The van der Waals surface area contributed by atoms with Gasteiger partial charge in [0.15, 0.2) is 0 Å². The number of rotatable bonds is 15. The number of nitrogens with zero attached hydrogens (tertiary/aromatic N) is 2. The van der Waals surface area contributed by atoms with Crippen molar-refractivity contribution in [2.75, 3.05) is 23.7 Å². The predicted octanol–water partition coefficient (Wildman–Crippen LogP) is 8.82. The van der Waals surface area contributed by atoms with Gasteiger partial charge in [-0.1, -0.05) is 87.8 Å². The summed E-state index contributed by atoms with van der Waals surface area (Å²) >= 11 is 0. The second-order valence-electron chi connectivity index (χ2n) is 10.0. The molecule has 0 unspecified atom stereocenters. The molecule has 0 fully saturated rings. The molecule has 0 aliphatic carbocycles. The Balaban J connectivity index is 0.997. The average molecular weight is 483 g/mol. The van der Waals surface area contributed by atoms with Gasteiger partial charge < -0.3 is 10.6 Å². The minimum Gasteiger partial charge on any atom is -0.384 e. The van der Waals surface area contributed by atoms with Gasteiger partial charge in [0.05, 0.1) is 11.0 Å². The number of para-hydroxylation sites is 2. The number of hydrogen-bond acceptors (Lipinski definition) is 4. The fourth-order valence-corrected chi connectivity index (χ4v) is 5.02. The monoisotopic (exact) mass is 482 g/mol. The Labute approximate surface area is 217 Å². The molecule has 2 aromatic heterocycles. The van der Waals surface area contributed by atoms with Crippen molar-refractivity contribution in [3.63, 3.8) is 0 Å². The first-order valence-corrected chi connectivity index (χ1v) is 13.9. The number of aromatic nitrogens is 2. The van der Waals surface area contributed by atoms with Crippen LogP contribution in [0.25, 0.3) is 21.8 Å². The van der Waals surface area contributed by atoms with E-state index in [0.717, 1.165) is 35.5 Å². The summed E-state index contributed by atoms with van der Waals surface area (Å²) in [6.45, 7) is 6.21. The van der Waals surface area contributed by atoms with E-state index < -0.39 is 0 Å². The molecule has 4 nitrogen and oxygen atoms in total. The highest BCUT2D eigenvalue weighted by molar-refractivity contribution is 5.92. The highest BCUT2D eigenvalue weighted by atomic mass is 14.9. The Morgan fingerprint density at radius 2 is 0.861 bits per heavy atom. The highest BCUT2D eigenvalue weighted by Gasteiger charge is 2.04. The minimum absolute atomic E-state index is 1.04. The number of anilines is 2. The lowest BCUT2D eigenvalue weighted by Gasteiger charge is -2.11. The molecule has 0 atom stereocenters. The van der Waals surface area contributed by atoms with Crippen LogP contribution in [0.4, 0.5) is 11.4 Å². The first-order valence-electron chi connectivity index (χ1n) is 13.9. The molecule has 0 amide bonds. The first-order chi connectivity index (χ1) is 17.7. The molecule has 2 heterocycles. The van der Waals surface area contributed by atoms with Crippen LogP contribution in [0.1, 0.15) is 75.6 Å². The second-order valence-corrected chi connectivity index (χ2v) is 10.0. The summed E-state index contributed by atoms with van der Waals surface area (Å²) in [5, 5.41) is 9.72. The van der Waals surface area contributed by atoms with E-state index in [-0.39, 0.29) is 0 Å². The maximum atomic E-state index is 4.63. The van der Waals surface area contributed by atoms with Crippen molar-refractivity contribution < 1.29 is 0 Å². The molecule has 0 bridgehead atoms. The lowest BCUT2D eigenvalue weighted by atomic mass is 10.1. The summed E-state index contributed by atoms with van der Waals surface area (Å²) in [5.74, 6) is 0. The molecule has 4 heteroatoms. The van der Waals surface area contributed by atoms with Crippen molar-refractivity contribution in [1.82, 2.24) is 9.97 Å². The number of nitrogens with one attached hydrogen (secondary N) is 2. The zero-order valence-electron chi connectivity index (χ0n) is 22.2. The van der Waals surface area contributed by atoms with Gasteiger partial charge in [0, 0.05) is 46.6 Å². The van der Waals surface area contributed by atoms with Crippen molar-refractivity contribution in [2.45, 2.75) is 78.1 Å². The van der Waals surface area contributed by atoms with Gasteiger partial charge in [-0.2, -0.15) is 0 Å². The van der Waals surface area contributed by atoms with Gasteiger partial charge in [-0.3, -0.25) is 9.97 Å². The topological polar surface area (TPSA) is 49.8 Å². The van der Waals surface area contributed by atoms with Gasteiger partial charge in [-0.15, -0.1) is 0 Å². The van der Waals surface area contributed by atoms with Crippen molar-refractivity contribution >= 4 is 33.2 Å². The van der Waals surface area contributed by atoms with Crippen molar-refractivity contribution in [1.29, 1.82) is 0 Å². The van der Waals surface area contributed by atoms with Gasteiger partial charge in [0.25, 0.3) is 0 Å². The Morgan fingerprint density at radius 3 is 1.28 bits per heavy atom. The maximum absolute atomic E-state index is 4.63. The van der Waals surface area contributed by atoms with Gasteiger partial charge in [0.1, 0.15) is 0 Å². The number of aryl methyl sites for hydroxylation is 2. The number of fused-ring (bicyclic) bond motifs is 2. The molecule has 0 saturated heterocycles. The minimum atomic E-state index is 1.04. The van der Waals surface area contributed by atoms with E-state index in [9.17, 15) is 0 Å². The van der Waals surface area contributed by atoms with Crippen LogP contribution in [0.15, 0.2) is 60.7 Å². The van der Waals surface area contributed by atoms with Crippen LogP contribution >= 0.6 is 0 Å².